The average molecular weight is 673 g/mol. The number of hydrogen-bond donors (Lipinski definition) is 0. The zero-order chi connectivity index (χ0) is 24.4. The molecule has 1 unspecified atom stereocenters. The van der Waals surface area contributed by atoms with Gasteiger partial charge in [-0.2, -0.15) is 0 Å². The number of fused-ring (bicyclic) bond motifs is 1. The summed E-state index contributed by atoms with van der Waals surface area (Å²) in [5.74, 6) is 6.92. The predicted molar refractivity (Wildman–Crippen MR) is 160 cm³/mol. The Bertz CT molecular complexity index is 1690. The van der Waals surface area contributed by atoms with Gasteiger partial charge < -0.3 is 0 Å². The van der Waals surface area contributed by atoms with Crippen LogP contribution in [0.2, 0.25) is 0 Å². The van der Waals surface area contributed by atoms with Crippen LogP contribution in [0.5, 0.6) is 0 Å². The molecule has 0 aliphatic carbocycles. The molecule has 36 heavy (non-hydrogen) atoms. The quantitative estimate of drug-likeness (QED) is 0.113. The van der Waals surface area contributed by atoms with Crippen molar-refractivity contribution in [3.8, 4) is 11.8 Å². The van der Waals surface area contributed by atoms with Crippen LogP contribution in [0.15, 0.2) is 127 Å². The molecule has 0 amide bonds. The third-order valence-electron chi connectivity index (χ3n) is 6.14. The number of rotatable bonds is 3. The Morgan fingerprint density at radius 2 is 1.25 bits per heavy atom. The van der Waals surface area contributed by atoms with Gasteiger partial charge in [0, 0.05) is 0 Å². The summed E-state index contributed by atoms with van der Waals surface area (Å²) in [5, 5.41) is 5.56. The van der Waals surface area contributed by atoms with Crippen molar-refractivity contribution >= 4 is 71.0 Å². The van der Waals surface area contributed by atoms with Crippen LogP contribution in [0.25, 0.3) is 20.6 Å². The van der Waals surface area contributed by atoms with Gasteiger partial charge in [-0.3, -0.25) is 0 Å². The van der Waals surface area contributed by atoms with E-state index in [4.69, 9.17) is 0 Å². The molecule has 0 N–H and O–H groups in total. The van der Waals surface area contributed by atoms with Crippen molar-refractivity contribution in [2.24, 2.45) is 0 Å². The summed E-state index contributed by atoms with van der Waals surface area (Å²) in [4.78, 5) is 0. The molecular weight excluding hydrogens is 652 g/mol. The molecule has 0 fully saturated rings. The van der Waals surface area contributed by atoms with E-state index in [1.165, 1.54) is 27.2 Å². The third kappa shape index (κ3) is 4.57. The topological polar surface area (TPSA) is 0 Å². The Labute approximate surface area is 230 Å². The first-order valence-corrected chi connectivity index (χ1v) is 23.1. The number of hydrogen-bond acceptors (Lipinski definition) is 0. The van der Waals surface area contributed by atoms with Crippen LogP contribution in [-0.2, 0) is 0 Å². The van der Waals surface area contributed by atoms with E-state index in [2.05, 4.69) is 136 Å². The summed E-state index contributed by atoms with van der Waals surface area (Å²) >= 11 is 4.72. The molecule has 172 valence electrons. The molecule has 0 saturated heterocycles. The summed E-state index contributed by atoms with van der Waals surface area (Å²) < 4.78 is -0.0279. The van der Waals surface area contributed by atoms with E-state index in [1.54, 1.807) is 9.79 Å². The molecule has 0 bridgehead atoms. The van der Waals surface area contributed by atoms with Crippen LogP contribution in [-0.4, -0.2) is 40.9 Å². The molecule has 1 aliphatic rings. The molecule has 6 rings (SSSR count). The second kappa shape index (κ2) is 10.6. The Kier molecular flexibility index (Phi) is 7.04. The first-order valence-electron chi connectivity index (χ1n) is 11.7. The molecule has 0 aromatic heterocycles. The molecule has 5 aromatic rings. The van der Waals surface area contributed by atoms with Crippen molar-refractivity contribution < 1.29 is 0 Å². The SMILES string of the molecule is [Se]=P1(c2ccccc2)[Se][Se]C(c2cccc3cccc(C#Cc4ccccc4)c23)=C1c1ccccc1. The molecule has 1 heterocycles. The molecule has 1 atom stereocenters. The Balaban J connectivity index is 1.62. The standard InChI is InChI=1S/C32H21PSe3/c34-33(28-19-8-3-9-20-28)31(27-14-6-2-7-15-27)32(35-36-33)29-21-11-18-25-16-10-17-26(30(25)29)23-22-24-12-4-1-5-13-24/h1-21H. The molecule has 0 radical (unpaired) electrons. The Morgan fingerprint density at radius 3 is 1.97 bits per heavy atom. The number of benzene rings is 5. The van der Waals surface area contributed by atoms with Gasteiger partial charge in [0.25, 0.3) is 0 Å². The molecule has 0 saturated carbocycles. The van der Waals surface area contributed by atoms with Gasteiger partial charge >= 0.3 is 232 Å². The van der Waals surface area contributed by atoms with Crippen LogP contribution in [0.3, 0.4) is 0 Å². The molecule has 4 heteroatoms. The van der Waals surface area contributed by atoms with Crippen LogP contribution >= 0.6 is 4.20 Å². The molecular formula is C32H21PSe3. The van der Waals surface area contributed by atoms with E-state index >= 15 is 0 Å². The van der Waals surface area contributed by atoms with Gasteiger partial charge in [-0.1, -0.05) is 0 Å². The minimum atomic E-state index is -1.57. The van der Waals surface area contributed by atoms with Gasteiger partial charge in [0.05, 0.1) is 0 Å². The summed E-state index contributed by atoms with van der Waals surface area (Å²) in [6.07, 6.45) is 0. The van der Waals surface area contributed by atoms with Crippen LogP contribution in [0.4, 0.5) is 0 Å². The van der Waals surface area contributed by atoms with Crippen molar-refractivity contribution in [3.05, 3.63) is 150 Å². The maximum absolute atomic E-state index is 3.80. The van der Waals surface area contributed by atoms with Crippen LogP contribution in [0, 0.1) is 11.8 Å². The van der Waals surface area contributed by atoms with Gasteiger partial charge in [0.1, 0.15) is 0 Å². The Hall–Kier alpha value is -2.35. The Morgan fingerprint density at radius 1 is 0.611 bits per heavy atom. The first kappa shape index (κ1) is 24.0. The normalized spacial score (nSPS) is 17.1. The van der Waals surface area contributed by atoms with Gasteiger partial charge in [-0.15, -0.1) is 0 Å². The van der Waals surface area contributed by atoms with Gasteiger partial charge in [0.2, 0.25) is 0 Å². The minimum absolute atomic E-state index is 0.418. The fraction of sp³-hybridized carbons (Fsp3) is 0. The zero-order valence-electron chi connectivity index (χ0n) is 19.3. The first-order chi connectivity index (χ1) is 17.7. The zero-order valence-corrected chi connectivity index (χ0v) is 25.3. The monoisotopic (exact) mass is 676 g/mol. The van der Waals surface area contributed by atoms with E-state index in [1.807, 2.05) is 18.2 Å². The van der Waals surface area contributed by atoms with Crippen molar-refractivity contribution in [3.63, 3.8) is 0 Å². The summed E-state index contributed by atoms with van der Waals surface area (Å²) in [6.45, 7) is 0. The third-order valence-corrected chi connectivity index (χ3v) is 38.3. The summed E-state index contributed by atoms with van der Waals surface area (Å²) in [7, 11) is 0. The van der Waals surface area contributed by atoms with Gasteiger partial charge in [0.15, 0.2) is 0 Å². The molecule has 5 aromatic carbocycles. The van der Waals surface area contributed by atoms with Crippen molar-refractivity contribution in [1.29, 1.82) is 0 Å². The fourth-order valence-electron chi connectivity index (χ4n) is 4.46. The van der Waals surface area contributed by atoms with Crippen molar-refractivity contribution in [1.82, 2.24) is 0 Å². The van der Waals surface area contributed by atoms with E-state index in [0.717, 1.165) is 11.1 Å². The second-order valence-electron chi connectivity index (χ2n) is 8.41. The van der Waals surface area contributed by atoms with E-state index in [9.17, 15) is 0 Å². The molecule has 0 nitrogen and oxygen atoms in total. The average Bonchev–Trinajstić information content (AvgIpc) is 3.31. The van der Waals surface area contributed by atoms with Crippen LogP contribution < -0.4 is 5.30 Å². The van der Waals surface area contributed by atoms with Gasteiger partial charge in [-0.05, 0) is 0 Å². The maximum atomic E-state index is 3.80. The second-order valence-corrected chi connectivity index (χ2v) is 29.9. The van der Waals surface area contributed by atoms with E-state index < -0.39 is 4.20 Å². The molecule has 1 aliphatic heterocycles. The van der Waals surface area contributed by atoms with Gasteiger partial charge in [-0.25, -0.2) is 0 Å². The fourth-order valence-corrected chi connectivity index (χ4v) is 35.4. The van der Waals surface area contributed by atoms with E-state index in [-0.39, 0.29) is 0 Å². The summed E-state index contributed by atoms with van der Waals surface area (Å²) in [5.41, 5.74) is 4.86. The predicted octanol–water partition coefficient (Wildman–Crippen LogP) is 6.74. The summed E-state index contributed by atoms with van der Waals surface area (Å²) in [6, 6.07) is 45.8. The van der Waals surface area contributed by atoms with Crippen LogP contribution in [0.1, 0.15) is 22.3 Å². The van der Waals surface area contributed by atoms with Crippen molar-refractivity contribution in [2.75, 3.05) is 0 Å². The van der Waals surface area contributed by atoms with E-state index in [0.29, 0.717) is 25.8 Å². The molecule has 0 spiro atoms. The van der Waals surface area contributed by atoms with Crippen molar-refractivity contribution in [2.45, 2.75) is 0 Å².